The average molecular weight is 312 g/mol. The van der Waals surface area contributed by atoms with Gasteiger partial charge in [0.05, 0.1) is 23.4 Å². The molecule has 104 valence electrons. The van der Waals surface area contributed by atoms with Crippen molar-refractivity contribution in [3.8, 4) is 11.5 Å². The molecule has 4 nitrogen and oxygen atoms in total. The molecule has 0 heterocycles. The minimum Gasteiger partial charge on any atom is -0.504 e. The molecule has 0 aliphatic rings. The van der Waals surface area contributed by atoms with Crippen molar-refractivity contribution in [3.05, 3.63) is 52.0 Å². The Morgan fingerprint density at radius 1 is 1.25 bits per heavy atom. The molecule has 2 rings (SSSR count). The molecular formula is C14H11Cl2NO3. The number of carbonyl (C=O) groups is 1. The van der Waals surface area contributed by atoms with E-state index in [1.165, 1.54) is 19.2 Å². The summed E-state index contributed by atoms with van der Waals surface area (Å²) in [7, 11) is 1.47. The first-order valence-electron chi connectivity index (χ1n) is 5.65. The highest BCUT2D eigenvalue weighted by molar-refractivity contribution is 6.36. The highest BCUT2D eigenvalue weighted by Crippen LogP contribution is 2.35. The number of hydrogen-bond acceptors (Lipinski definition) is 3. The number of carbonyl (C=O) groups excluding carboxylic acids is 1. The van der Waals surface area contributed by atoms with Crippen molar-refractivity contribution in [2.75, 3.05) is 12.4 Å². The summed E-state index contributed by atoms with van der Waals surface area (Å²) < 4.78 is 5.11. The molecular weight excluding hydrogens is 301 g/mol. The Morgan fingerprint density at radius 3 is 2.65 bits per heavy atom. The van der Waals surface area contributed by atoms with Gasteiger partial charge in [-0.1, -0.05) is 35.3 Å². The average Bonchev–Trinajstić information content (AvgIpc) is 2.44. The monoisotopic (exact) mass is 311 g/mol. The minimum absolute atomic E-state index is 0.0628. The van der Waals surface area contributed by atoms with Gasteiger partial charge in [-0.05, 0) is 24.3 Å². The molecule has 2 aromatic carbocycles. The molecule has 2 aromatic rings. The molecule has 1 amide bonds. The van der Waals surface area contributed by atoms with Gasteiger partial charge in [-0.15, -0.1) is 0 Å². The van der Waals surface area contributed by atoms with Crippen LogP contribution in [0, 0.1) is 0 Å². The lowest BCUT2D eigenvalue weighted by Crippen LogP contribution is -2.13. The van der Waals surface area contributed by atoms with Gasteiger partial charge in [0, 0.05) is 5.02 Å². The Hall–Kier alpha value is -1.91. The van der Waals surface area contributed by atoms with Crippen molar-refractivity contribution < 1.29 is 14.6 Å². The molecule has 0 unspecified atom stereocenters. The summed E-state index contributed by atoms with van der Waals surface area (Å²) in [6.07, 6.45) is 0. The molecule has 0 saturated heterocycles. The predicted octanol–water partition coefficient (Wildman–Crippen LogP) is 3.96. The van der Waals surface area contributed by atoms with E-state index in [0.717, 1.165) is 0 Å². The van der Waals surface area contributed by atoms with Crippen LogP contribution < -0.4 is 10.1 Å². The number of halogens is 2. The summed E-state index contributed by atoms with van der Waals surface area (Å²) in [5, 5.41) is 12.7. The van der Waals surface area contributed by atoms with Gasteiger partial charge < -0.3 is 15.2 Å². The zero-order valence-electron chi connectivity index (χ0n) is 10.5. The van der Waals surface area contributed by atoms with Crippen LogP contribution >= 0.6 is 23.2 Å². The second kappa shape index (κ2) is 6.03. The third kappa shape index (κ3) is 2.98. The lowest BCUT2D eigenvalue weighted by atomic mass is 10.2. The number of anilines is 1. The lowest BCUT2D eigenvalue weighted by Gasteiger charge is -2.11. The highest BCUT2D eigenvalue weighted by atomic mass is 35.5. The standard InChI is InChI=1S/C14H11Cl2NO3/c1-20-12-5-3-2-4-9(12)14(19)17-11-7-8(15)6-10(16)13(11)18/h2-7,18H,1H3,(H,17,19). The predicted molar refractivity (Wildman–Crippen MR) is 79.1 cm³/mol. The number of amides is 1. The maximum atomic E-state index is 12.2. The number of nitrogens with one attached hydrogen (secondary N) is 1. The number of phenolic OH excluding ortho intramolecular Hbond substituents is 1. The summed E-state index contributed by atoms with van der Waals surface area (Å²) in [6, 6.07) is 9.54. The summed E-state index contributed by atoms with van der Waals surface area (Å²) in [6.45, 7) is 0. The van der Waals surface area contributed by atoms with E-state index in [0.29, 0.717) is 16.3 Å². The molecule has 0 spiro atoms. The van der Waals surface area contributed by atoms with E-state index in [1.807, 2.05) is 0 Å². The number of para-hydroxylation sites is 1. The fourth-order valence-corrected chi connectivity index (χ4v) is 2.18. The van der Waals surface area contributed by atoms with E-state index < -0.39 is 5.91 Å². The molecule has 0 aliphatic heterocycles. The molecule has 0 bridgehead atoms. The van der Waals surface area contributed by atoms with E-state index in [2.05, 4.69) is 5.32 Å². The van der Waals surface area contributed by atoms with Crippen molar-refractivity contribution in [2.45, 2.75) is 0 Å². The van der Waals surface area contributed by atoms with Gasteiger partial charge in [0.25, 0.3) is 5.91 Å². The first-order valence-corrected chi connectivity index (χ1v) is 6.41. The summed E-state index contributed by atoms with van der Waals surface area (Å²) in [5.41, 5.74) is 0.476. The quantitative estimate of drug-likeness (QED) is 0.843. The van der Waals surface area contributed by atoms with Gasteiger partial charge in [0.15, 0.2) is 5.75 Å². The molecule has 2 N–H and O–H groups in total. The molecule has 0 radical (unpaired) electrons. The normalized spacial score (nSPS) is 10.2. The fourth-order valence-electron chi connectivity index (χ4n) is 1.68. The zero-order chi connectivity index (χ0) is 14.7. The summed E-state index contributed by atoms with van der Waals surface area (Å²) in [5.74, 6) is -0.243. The summed E-state index contributed by atoms with van der Waals surface area (Å²) in [4.78, 5) is 12.2. The van der Waals surface area contributed by atoms with Gasteiger partial charge in [0.1, 0.15) is 5.75 Å². The molecule has 0 fully saturated rings. The number of aromatic hydroxyl groups is 1. The first-order chi connectivity index (χ1) is 9.52. The van der Waals surface area contributed by atoms with Crippen LogP contribution in [0.2, 0.25) is 10.0 Å². The van der Waals surface area contributed by atoms with Crippen LogP contribution in [0.15, 0.2) is 36.4 Å². The fraction of sp³-hybridized carbons (Fsp3) is 0.0714. The molecule has 0 atom stereocenters. The Bertz CT molecular complexity index is 659. The number of ether oxygens (including phenoxy) is 1. The van der Waals surface area contributed by atoms with E-state index in [1.54, 1.807) is 24.3 Å². The number of phenols is 1. The van der Waals surface area contributed by atoms with Gasteiger partial charge >= 0.3 is 0 Å². The third-order valence-corrected chi connectivity index (χ3v) is 3.13. The van der Waals surface area contributed by atoms with Crippen molar-refractivity contribution in [1.29, 1.82) is 0 Å². The third-order valence-electron chi connectivity index (χ3n) is 2.63. The van der Waals surface area contributed by atoms with Crippen LogP contribution in [0.25, 0.3) is 0 Å². The van der Waals surface area contributed by atoms with Crippen molar-refractivity contribution in [3.63, 3.8) is 0 Å². The van der Waals surface area contributed by atoms with Crippen molar-refractivity contribution in [2.24, 2.45) is 0 Å². The van der Waals surface area contributed by atoms with E-state index >= 15 is 0 Å². The minimum atomic E-state index is -0.434. The molecule has 0 saturated carbocycles. The van der Waals surface area contributed by atoms with Crippen LogP contribution in [0.1, 0.15) is 10.4 Å². The number of rotatable bonds is 3. The van der Waals surface area contributed by atoms with Crippen LogP contribution in [0.5, 0.6) is 11.5 Å². The molecule has 0 aliphatic carbocycles. The zero-order valence-corrected chi connectivity index (χ0v) is 12.0. The SMILES string of the molecule is COc1ccccc1C(=O)Nc1cc(Cl)cc(Cl)c1O. The first kappa shape index (κ1) is 14.5. The summed E-state index contributed by atoms with van der Waals surface area (Å²) >= 11 is 11.6. The van der Waals surface area contributed by atoms with Crippen LogP contribution in [-0.4, -0.2) is 18.1 Å². The van der Waals surface area contributed by atoms with E-state index in [-0.39, 0.29) is 16.5 Å². The number of benzene rings is 2. The topological polar surface area (TPSA) is 58.6 Å². The van der Waals surface area contributed by atoms with Gasteiger partial charge in [-0.3, -0.25) is 4.79 Å². The molecule has 20 heavy (non-hydrogen) atoms. The van der Waals surface area contributed by atoms with Crippen LogP contribution in [-0.2, 0) is 0 Å². The second-order valence-electron chi connectivity index (χ2n) is 3.94. The van der Waals surface area contributed by atoms with Crippen molar-refractivity contribution >= 4 is 34.8 Å². The number of methoxy groups -OCH3 is 1. The maximum Gasteiger partial charge on any atom is 0.259 e. The lowest BCUT2D eigenvalue weighted by molar-refractivity contribution is 0.102. The smallest absolute Gasteiger partial charge is 0.259 e. The van der Waals surface area contributed by atoms with Gasteiger partial charge in [-0.2, -0.15) is 0 Å². The number of hydrogen-bond donors (Lipinski definition) is 2. The molecule has 6 heteroatoms. The maximum absolute atomic E-state index is 12.2. The van der Waals surface area contributed by atoms with Crippen LogP contribution in [0.3, 0.4) is 0 Å². The van der Waals surface area contributed by atoms with Crippen LogP contribution in [0.4, 0.5) is 5.69 Å². The molecule has 0 aromatic heterocycles. The largest absolute Gasteiger partial charge is 0.504 e. The van der Waals surface area contributed by atoms with E-state index in [4.69, 9.17) is 27.9 Å². The Labute approximate surface area is 125 Å². The highest BCUT2D eigenvalue weighted by Gasteiger charge is 2.15. The van der Waals surface area contributed by atoms with Crippen molar-refractivity contribution in [1.82, 2.24) is 0 Å². The Balaban J connectivity index is 2.33. The van der Waals surface area contributed by atoms with Gasteiger partial charge in [-0.25, -0.2) is 0 Å². The second-order valence-corrected chi connectivity index (χ2v) is 4.78. The van der Waals surface area contributed by atoms with E-state index in [9.17, 15) is 9.90 Å². The Morgan fingerprint density at radius 2 is 1.95 bits per heavy atom. The Kier molecular flexibility index (Phi) is 4.37. The van der Waals surface area contributed by atoms with Gasteiger partial charge in [0.2, 0.25) is 0 Å².